The fraction of sp³-hybridized carbons (Fsp3) is 0.321. The number of hydrogen-bond donors (Lipinski definition) is 2. The molecule has 8 rings (SSSR count). The third-order valence-corrected chi connectivity index (χ3v) is 8.54. The zero-order chi connectivity index (χ0) is 23.6. The minimum atomic E-state index is -0.634. The van der Waals surface area contributed by atoms with Crippen molar-refractivity contribution in [3.8, 4) is 0 Å². The summed E-state index contributed by atoms with van der Waals surface area (Å²) in [5.41, 5.74) is 5.63. The van der Waals surface area contributed by atoms with Crippen LogP contribution in [0, 0.1) is 0 Å². The second kappa shape index (κ2) is 6.43. The van der Waals surface area contributed by atoms with Gasteiger partial charge in [0.25, 0.3) is 5.91 Å². The van der Waals surface area contributed by atoms with Crippen LogP contribution in [0.1, 0.15) is 35.5 Å². The van der Waals surface area contributed by atoms with Crippen molar-refractivity contribution in [3.63, 3.8) is 0 Å². The van der Waals surface area contributed by atoms with Crippen molar-refractivity contribution >= 4 is 49.5 Å². The lowest BCUT2D eigenvalue weighted by Crippen LogP contribution is -2.56. The van der Waals surface area contributed by atoms with Crippen molar-refractivity contribution < 1.29 is 14.3 Å². The first-order valence-electron chi connectivity index (χ1n) is 12.2. The Labute approximate surface area is 201 Å². The van der Waals surface area contributed by atoms with Gasteiger partial charge in [-0.15, -0.1) is 0 Å². The molecule has 3 aromatic carbocycles. The van der Waals surface area contributed by atoms with Gasteiger partial charge in [0, 0.05) is 47.7 Å². The Hall–Kier alpha value is -3.39. The molecule has 2 N–H and O–H groups in total. The molecule has 4 atom stereocenters. The third kappa shape index (κ3) is 2.16. The lowest BCUT2D eigenvalue weighted by Gasteiger charge is -2.47. The molecule has 176 valence electrons. The Balaban J connectivity index is 1.72. The molecule has 0 unspecified atom stereocenters. The van der Waals surface area contributed by atoms with E-state index in [2.05, 4.69) is 75.2 Å². The van der Waals surface area contributed by atoms with Crippen molar-refractivity contribution in [1.29, 1.82) is 0 Å². The summed E-state index contributed by atoms with van der Waals surface area (Å²) in [5, 5.41) is 11.0. The van der Waals surface area contributed by atoms with Crippen LogP contribution in [0.4, 0.5) is 0 Å². The second-order valence-corrected chi connectivity index (χ2v) is 10.2. The SMILES string of the molecule is CN[C@@H]1C[C@]2(C)O[C@@H]([C@H]1OC)n1c3ccccc3c3c4c(c5c6ccccc6n2c5c31)C(=O)NC4. The highest BCUT2D eigenvalue weighted by molar-refractivity contribution is 6.31. The molecule has 3 aliphatic heterocycles. The summed E-state index contributed by atoms with van der Waals surface area (Å²) in [5.74, 6) is 0.00259. The molecule has 5 aromatic rings. The smallest absolute Gasteiger partial charge is 0.252 e. The molecule has 0 aliphatic carbocycles. The Morgan fingerprint density at radius 2 is 1.77 bits per heavy atom. The van der Waals surface area contributed by atoms with E-state index in [0.717, 1.165) is 61.2 Å². The van der Waals surface area contributed by atoms with Crippen LogP contribution >= 0.6 is 0 Å². The monoisotopic (exact) mass is 466 g/mol. The van der Waals surface area contributed by atoms with Crippen LogP contribution < -0.4 is 10.6 Å². The second-order valence-electron chi connectivity index (χ2n) is 10.2. The maximum absolute atomic E-state index is 13.3. The van der Waals surface area contributed by atoms with E-state index in [1.807, 2.05) is 7.05 Å². The van der Waals surface area contributed by atoms with Gasteiger partial charge in [0.05, 0.1) is 27.6 Å². The number of aromatic nitrogens is 2. The van der Waals surface area contributed by atoms with Gasteiger partial charge in [-0.25, -0.2) is 0 Å². The number of para-hydroxylation sites is 2. The molecule has 3 aliphatic rings. The predicted molar refractivity (Wildman–Crippen MR) is 136 cm³/mol. The first-order chi connectivity index (χ1) is 17.1. The number of nitrogens with zero attached hydrogens (tertiary/aromatic N) is 2. The van der Waals surface area contributed by atoms with Crippen LogP contribution in [0.5, 0.6) is 0 Å². The van der Waals surface area contributed by atoms with Crippen LogP contribution in [-0.2, 0) is 21.7 Å². The highest BCUT2D eigenvalue weighted by atomic mass is 16.6. The van der Waals surface area contributed by atoms with Crippen molar-refractivity contribution in [3.05, 3.63) is 59.7 Å². The quantitative estimate of drug-likeness (QED) is 0.406. The van der Waals surface area contributed by atoms with Gasteiger partial charge in [-0.2, -0.15) is 0 Å². The van der Waals surface area contributed by atoms with E-state index in [4.69, 9.17) is 9.47 Å². The largest absolute Gasteiger partial charge is 0.375 e. The molecule has 2 bridgehead atoms. The number of carbonyl (C=O) groups excluding carboxylic acids is 1. The number of carbonyl (C=O) groups is 1. The molecular formula is C28H26N4O3. The van der Waals surface area contributed by atoms with Crippen LogP contribution in [0.2, 0.25) is 0 Å². The lowest BCUT2D eigenvalue weighted by atomic mass is 9.94. The number of nitrogens with one attached hydrogen (secondary N) is 2. The first kappa shape index (κ1) is 19.9. The van der Waals surface area contributed by atoms with E-state index in [-0.39, 0.29) is 24.3 Å². The number of benzene rings is 3. The van der Waals surface area contributed by atoms with Crippen molar-refractivity contribution in [2.75, 3.05) is 14.2 Å². The number of hydrogen-bond acceptors (Lipinski definition) is 4. The molecular weight excluding hydrogens is 440 g/mol. The van der Waals surface area contributed by atoms with Crippen molar-refractivity contribution in [2.24, 2.45) is 0 Å². The van der Waals surface area contributed by atoms with E-state index in [1.54, 1.807) is 7.11 Å². The zero-order valence-electron chi connectivity index (χ0n) is 19.9. The van der Waals surface area contributed by atoms with Gasteiger partial charge >= 0.3 is 0 Å². The van der Waals surface area contributed by atoms with E-state index in [9.17, 15) is 4.79 Å². The summed E-state index contributed by atoms with van der Waals surface area (Å²) >= 11 is 0. The molecule has 35 heavy (non-hydrogen) atoms. The average molecular weight is 467 g/mol. The Morgan fingerprint density at radius 3 is 2.51 bits per heavy atom. The number of methoxy groups -OCH3 is 1. The molecule has 7 nitrogen and oxygen atoms in total. The van der Waals surface area contributed by atoms with Gasteiger partial charge in [-0.05, 0) is 31.7 Å². The molecule has 1 amide bonds. The van der Waals surface area contributed by atoms with Gasteiger partial charge in [-0.1, -0.05) is 36.4 Å². The number of fused-ring (bicyclic) bond motifs is 13. The fourth-order valence-electron chi connectivity index (χ4n) is 7.22. The van der Waals surface area contributed by atoms with Gasteiger partial charge in [-0.3, -0.25) is 4.79 Å². The zero-order valence-corrected chi connectivity index (χ0v) is 19.9. The standard InChI is InChI=1S/C28H26N4O3/c1-28-12-17(29-2)25(34-3)27(35-28)31-18-10-6-4-8-14(18)20-16-13-30-26(33)22(16)21-15-9-5-7-11-19(15)32(28)24(21)23(20)31/h4-11,17,25,27,29H,12-13H2,1-3H3,(H,30,33)/t17-,25+,27+,28+/m1/s1. The summed E-state index contributed by atoms with van der Waals surface area (Å²) in [6.45, 7) is 2.71. The number of ether oxygens (including phenoxy) is 2. The van der Waals surface area contributed by atoms with Crippen LogP contribution in [0.15, 0.2) is 48.5 Å². The third-order valence-electron chi connectivity index (χ3n) is 8.54. The molecule has 1 fully saturated rings. The van der Waals surface area contributed by atoms with Gasteiger partial charge in [0.15, 0.2) is 6.23 Å². The number of likely N-dealkylation sites (N-methyl/N-ethyl adjacent to an activating group) is 1. The minimum Gasteiger partial charge on any atom is -0.375 e. The van der Waals surface area contributed by atoms with Crippen LogP contribution in [0.25, 0.3) is 43.6 Å². The predicted octanol–water partition coefficient (Wildman–Crippen LogP) is 4.35. The van der Waals surface area contributed by atoms with Crippen molar-refractivity contribution in [2.45, 2.75) is 44.0 Å². The van der Waals surface area contributed by atoms with Crippen LogP contribution in [-0.4, -0.2) is 41.3 Å². The Kier molecular flexibility index (Phi) is 3.65. The summed E-state index contributed by atoms with van der Waals surface area (Å²) in [7, 11) is 3.77. The molecule has 5 heterocycles. The molecule has 0 spiro atoms. The summed E-state index contributed by atoms with van der Waals surface area (Å²) in [6.07, 6.45) is 0.231. The minimum absolute atomic E-state index is 0.00259. The van der Waals surface area contributed by atoms with Crippen molar-refractivity contribution in [1.82, 2.24) is 19.8 Å². The first-order valence-corrected chi connectivity index (χ1v) is 12.2. The van der Waals surface area contributed by atoms with Gasteiger partial charge < -0.3 is 29.2 Å². The van der Waals surface area contributed by atoms with E-state index >= 15 is 0 Å². The fourth-order valence-corrected chi connectivity index (χ4v) is 7.22. The maximum atomic E-state index is 13.3. The van der Waals surface area contributed by atoms with E-state index < -0.39 is 5.72 Å². The highest BCUT2D eigenvalue weighted by Gasteiger charge is 2.51. The Morgan fingerprint density at radius 1 is 1.06 bits per heavy atom. The molecule has 2 aromatic heterocycles. The molecule has 0 radical (unpaired) electrons. The lowest BCUT2D eigenvalue weighted by molar-refractivity contribution is -0.242. The highest BCUT2D eigenvalue weighted by Crippen LogP contribution is 2.53. The summed E-state index contributed by atoms with van der Waals surface area (Å²) in [4.78, 5) is 13.3. The summed E-state index contributed by atoms with van der Waals surface area (Å²) < 4.78 is 17.9. The van der Waals surface area contributed by atoms with E-state index in [1.165, 1.54) is 0 Å². The Bertz CT molecular complexity index is 1750. The topological polar surface area (TPSA) is 69.5 Å². The number of rotatable bonds is 2. The molecule has 1 saturated heterocycles. The van der Waals surface area contributed by atoms with Crippen LogP contribution in [0.3, 0.4) is 0 Å². The maximum Gasteiger partial charge on any atom is 0.252 e. The molecule has 7 heteroatoms. The normalized spacial score (nSPS) is 27.3. The summed E-state index contributed by atoms with van der Waals surface area (Å²) in [6, 6.07) is 17.0. The van der Waals surface area contributed by atoms with Gasteiger partial charge in [0.2, 0.25) is 0 Å². The van der Waals surface area contributed by atoms with Gasteiger partial charge in [0.1, 0.15) is 11.8 Å². The van der Waals surface area contributed by atoms with E-state index in [0.29, 0.717) is 6.54 Å². The number of amides is 1. The molecule has 0 saturated carbocycles. The average Bonchev–Trinajstić information content (AvgIpc) is 3.51.